The smallest absolute Gasteiger partial charge is 0.486 e. The summed E-state index contributed by atoms with van der Waals surface area (Å²) < 4.78 is 79.5. The van der Waals surface area contributed by atoms with Gasteiger partial charge in [0.2, 0.25) is 10.0 Å². The van der Waals surface area contributed by atoms with Gasteiger partial charge >= 0.3 is 12.1 Å². The van der Waals surface area contributed by atoms with E-state index in [1.165, 1.54) is 22.5 Å². The largest absolute Gasteiger partial charge is 0.490 e. The number of hydrogen-bond acceptors (Lipinski definition) is 7. The molecule has 1 N–H and O–H groups in total. The van der Waals surface area contributed by atoms with E-state index >= 15 is 0 Å². The number of rotatable bonds is 5. The molecule has 0 spiro atoms. The van der Waals surface area contributed by atoms with Gasteiger partial charge in [-0.1, -0.05) is 11.3 Å². The molecular formula is C19H17F4N5O5S. The second kappa shape index (κ2) is 10.1. The number of hydrogen-bond donors (Lipinski definition) is 1. The summed E-state index contributed by atoms with van der Waals surface area (Å²) in [5.74, 6) is -2.77. The number of aromatic nitrogens is 4. The predicted molar refractivity (Wildman–Crippen MR) is 106 cm³/mol. The number of pyridine rings is 1. The molecule has 0 bridgehead atoms. The standard InChI is InChI=1S/C17H16FN5O3S.C2HF3O2/c18-13-3-1-5-15(9-13)27(24,25)22-7-8-23-17(11-22)16(20-21-23)12-26-14-4-2-6-19-10-14;3-2(4,5)1(6)7/h1-6,9-10H,7-8,11-12H2;(H,6,7). The summed E-state index contributed by atoms with van der Waals surface area (Å²) in [7, 11) is -3.82. The molecule has 0 atom stereocenters. The van der Waals surface area contributed by atoms with Gasteiger partial charge in [0.25, 0.3) is 0 Å². The molecule has 0 fully saturated rings. The van der Waals surface area contributed by atoms with Crippen LogP contribution in [0, 0.1) is 5.82 Å². The maximum atomic E-state index is 13.5. The monoisotopic (exact) mass is 503 g/mol. The van der Waals surface area contributed by atoms with Crippen molar-refractivity contribution in [2.75, 3.05) is 6.54 Å². The molecule has 1 aromatic carbocycles. The van der Waals surface area contributed by atoms with Crippen LogP contribution in [0.3, 0.4) is 0 Å². The Morgan fingerprint density at radius 3 is 2.53 bits per heavy atom. The highest BCUT2D eigenvalue weighted by molar-refractivity contribution is 7.89. The van der Waals surface area contributed by atoms with Gasteiger partial charge in [-0.25, -0.2) is 22.3 Å². The third-order valence-electron chi connectivity index (χ3n) is 4.49. The Labute approximate surface area is 190 Å². The lowest BCUT2D eigenvalue weighted by atomic mass is 10.3. The molecule has 0 saturated heterocycles. The van der Waals surface area contributed by atoms with Crippen LogP contribution >= 0.6 is 0 Å². The first-order valence-corrected chi connectivity index (χ1v) is 10.9. The van der Waals surface area contributed by atoms with Crippen LogP contribution in [0.25, 0.3) is 0 Å². The zero-order valence-electron chi connectivity index (χ0n) is 17.2. The molecule has 3 heterocycles. The first-order valence-electron chi connectivity index (χ1n) is 9.48. The number of sulfonamides is 1. The molecule has 0 radical (unpaired) electrons. The van der Waals surface area contributed by atoms with E-state index in [0.29, 0.717) is 23.7 Å². The van der Waals surface area contributed by atoms with Crippen LogP contribution in [0.15, 0.2) is 53.7 Å². The van der Waals surface area contributed by atoms with Gasteiger partial charge in [0, 0.05) is 12.7 Å². The molecule has 1 aliphatic heterocycles. The Kier molecular flexibility index (Phi) is 7.46. The van der Waals surface area contributed by atoms with Crippen molar-refractivity contribution in [1.82, 2.24) is 24.3 Å². The zero-order valence-corrected chi connectivity index (χ0v) is 18.0. The van der Waals surface area contributed by atoms with Crippen molar-refractivity contribution < 1.29 is 40.6 Å². The maximum absolute atomic E-state index is 13.5. The number of carbonyl (C=O) groups is 1. The van der Waals surface area contributed by atoms with Crippen molar-refractivity contribution in [2.45, 2.75) is 30.8 Å². The second-order valence-corrected chi connectivity index (χ2v) is 8.72. The minimum atomic E-state index is -5.08. The van der Waals surface area contributed by atoms with E-state index < -0.39 is 28.0 Å². The van der Waals surface area contributed by atoms with Crippen LogP contribution in [0.1, 0.15) is 11.4 Å². The van der Waals surface area contributed by atoms with Crippen molar-refractivity contribution in [3.05, 3.63) is 66.0 Å². The van der Waals surface area contributed by atoms with E-state index in [1.54, 1.807) is 29.2 Å². The van der Waals surface area contributed by atoms with Crippen molar-refractivity contribution in [2.24, 2.45) is 0 Å². The minimum absolute atomic E-state index is 0.0726. The molecule has 4 rings (SSSR count). The van der Waals surface area contributed by atoms with Gasteiger partial charge in [-0.3, -0.25) is 4.98 Å². The highest BCUT2D eigenvalue weighted by Gasteiger charge is 2.38. The van der Waals surface area contributed by atoms with E-state index in [9.17, 15) is 26.0 Å². The lowest BCUT2D eigenvalue weighted by molar-refractivity contribution is -0.192. The molecule has 182 valence electrons. The van der Waals surface area contributed by atoms with E-state index in [1.807, 2.05) is 0 Å². The van der Waals surface area contributed by atoms with Gasteiger partial charge in [0.05, 0.1) is 29.9 Å². The molecule has 0 unspecified atom stereocenters. The van der Waals surface area contributed by atoms with Gasteiger partial charge in [0.1, 0.15) is 23.9 Å². The average Bonchev–Trinajstić information content (AvgIpc) is 3.20. The third kappa shape index (κ3) is 6.05. The van der Waals surface area contributed by atoms with E-state index in [4.69, 9.17) is 14.6 Å². The number of benzene rings is 1. The fraction of sp³-hybridized carbons (Fsp3) is 0.263. The fourth-order valence-electron chi connectivity index (χ4n) is 2.85. The number of carboxylic acid groups (broad SMARTS) is 1. The zero-order chi connectivity index (χ0) is 24.9. The molecule has 15 heteroatoms. The fourth-order valence-corrected chi connectivity index (χ4v) is 4.28. The summed E-state index contributed by atoms with van der Waals surface area (Å²) in [6, 6.07) is 8.52. The maximum Gasteiger partial charge on any atom is 0.490 e. The minimum Gasteiger partial charge on any atom is -0.486 e. The Bertz CT molecular complexity index is 1250. The van der Waals surface area contributed by atoms with Gasteiger partial charge in [0.15, 0.2) is 0 Å². The van der Waals surface area contributed by atoms with Crippen molar-refractivity contribution in [3.63, 3.8) is 0 Å². The summed E-state index contributed by atoms with van der Waals surface area (Å²) in [5, 5.41) is 15.3. The van der Waals surface area contributed by atoms with Crippen LogP contribution in [0.4, 0.5) is 17.6 Å². The van der Waals surface area contributed by atoms with Crippen LogP contribution in [0.2, 0.25) is 0 Å². The summed E-state index contributed by atoms with van der Waals surface area (Å²) in [6.45, 7) is 0.842. The number of ether oxygens (including phenoxy) is 1. The number of aliphatic carboxylic acids is 1. The molecule has 0 amide bonds. The molecule has 1 aliphatic rings. The predicted octanol–water partition coefficient (Wildman–Crippen LogP) is 2.23. The topological polar surface area (TPSA) is 128 Å². The number of halogens is 4. The SMILES string of the molecule is O=C(O)C(F)(F)F.O=S(=O)(c1cccc(F)c1)N1CCn2nnc(COc3cccnc3)c2C1. The summed E-state index contributed by atoms with van der Waals surface area (Å²) in [5.41, 5.74) is 1.21. The van der Waals surface area contributed by atoms with Gasteiger partial charge < -0.3 is 9.84 Å². The molecular weight excluding hydrogens is 486 g/mol. The normalized spacial score (nSPS) is 14.0. The first-order chi connectivity index (χ1) is 16.0. The van der Waals surface area contributed by atoms with Gasteiger partial charge in [-0.05, 0) is 30.3 Å². The van der Waals surface area contributed by atoms with Gasteiger partial charge in [-0.15, -0.1) is 5.10 Å². The lowest BCUT2D eigenvalue weighted by Crippen LogP contribution is -2.38. The van der Waals surface area contributed by atoms with Crippen molar-refractivity contribution in [1.29, 1.82) is 0 Å². The van der Waals surface area contributed by atoms with Crippen molar-refractivity contribution >= 4 is 16.0 Å². The Morgan fingerprint density at radius 2 is 1.91 bits per heavy atom. The number of alkyl halides is 3. The average molecular weight is 503 g/mol. The molecule has 10 nitrogen and oxygen atoms in total. The first kappa shape index (κ1) is 25.0. The number of nitrogens with zero attached hydrogens (tertiary/aromatic N) is 5. The second-order valence-electron chi connectivity index (χ2n) is 6.78. The molecule has 3 aromatic rings. The van der Waals surface area contributed by atoms with E-state index in [-0.39, 0.29) is 24.6 Å². The Morgan fingerprint density at radius 1 is 1.18 bits per heavy atom. The quantitative estimate of drug-likeness (QED) is 0.525. The van der Waals surface area contributed by atoms with Gasteiger partial charge in [-0.2, -0.15) is 17.5 Å². The van der Waals surface area contributed by atoms with Crippen LogP contribution < -0.4 is 4.74 Å². The summed E-state index contributed by atoms with van der Waals surface area (Å²) in [6.07, 6.45) is -1.86. The highest BCUT2D eigenvalue weighted by atomic mass is 32.2. The van der Waals surface area contributed by atoms with Crippen LogP contribution in [-0.2, 0) is 34.5 Å². The number of carboxylic acids is 1. The van der Waals surface area contributed by atoms with E-state index in [0.717, 1.165) is 6.07 Å². The summed E-state index contributed by atoms with van der Waals surface area (Å²) in [4.78, 5) is 12.8. The lowest BCUT2D eigenvalue weighted by Gasteiger charge is -2.27. The highest BCUT2D eigenvalue weighted by Crippen LogP contribution is 2.23. The molecule has 2 aromatic heterocycles. The molecule has 0 aliphatic carbocycles. The Hall–Kier alpha value is -3.59. The van der Waals surface area contributed by atoms with E-state index in [2.05, 4.69) is 15.3 Å². The van der Waals surface area contributed by atoms with Crippen LogP contribution in [-0.4, -0.2) is 56.5 Å². The van der Waals surface area contributed by atoms with Crippen LogP contribution in [0.5, 0.6) is 5.75 Å². The summed E-state index contributed by atoms with van der Waals surface area (Å²) >= 11 is 0. The number of fused-ring (bicyclic) bond motifs is 1. The Balaban J connectivity index is 0.000000406. The molecule has 0 saturated carbocycles. The van der Waals surface area contributed by atoms with Crippen molar-refractivity contribution in [3.8, 4) is 5.75 Å². The third-order valence-corrected chi connectivity index (χ3v) is 6.33. The molecule has 34 heavy (non-hydrogen) atoms.